The number of halogens is 1. The number of ether oxygens (including phenoxy) is 1. The molecule has 8 heteroatoms. The molecule has 0 fully saturated rings. The average Bonchev–Trinajstić information content (AvgIpc) is 2.36. The largest absolute Gasteiger partial charge is 0.467 e. The number of esters is 1. The van der Waals surface area contributed by atoms with E-state index in [1.807, 2.05) is 0 Å². The highest BCUT2D eigenvalue weighted by Gasteiger charge is 2.29. The fourth-order valence-electron chi connectivity index (χ4n) is 1.56. The third kappa shape index (κ3) is 4.21. The SMILES string of the molecule is COC(=O)C(CS(=O)(=O)c1ccccc1Cl)NC(C)=O. The third-order valence-electron chi connectivity index (χ3n) is 2.42. The molecule has 110 valence electrons. The summed E-state index contributed by atoms with van der Waals surface area (Å²) in [7, 11) is -2.73. The van der Waals surface area contributed by atoms with E-state index in [1.54, 1.807) is 6.07 Å². The standard InChI is InChI=1S/C12H14ClNO5S/c1-8(15)14-10(12(16)19-2)7-20(17,18)11-6-4-3-5-9(11)13/h3-6,10H,7H2,1-2H3,(H,14,15). The van der Waals surface area contributed by atoms with E-state index < -0.39 is 33.5 Å². The zero-order chi connectivity index (χ0) is 15.3. The van der Waals surface area contributed by atoms with Crippen LogP contribution < -0.4 is 5.32 Å². The molecule has 1 atom stereocenters. The minimum Gasteiger partial charge on any atom is -0.467 e. The van der Waals surface area contributed by atoms with Gasteiger partial charge < -0.3 is 10.1 Å². The first-order valence-electron chi connectivity index (χ1n) is 5.60. The lowest BCUT2D eigenvalue weighted by molar-refractivity contribution is -0.144. The molecule has 1 rings (SSSR count). The summed E-state index contributed by atoms with van der Waals surface area (Å²) in [6, 6.07) is 4.59. The summed E-state index contributed by atoms with van der Waals surface area (Å²) in [5, 5.41) is 2.29. The van der Waals surface area contributed by atoms with E-state index in [1.165, 1.54) is 25.1 Å². The van der Waals surface area contributed by atoms with Gasteiger partial charge in [0.15, 0.2) is 9.84 Å². The van der Waals surface area contributed by atoms with Crippen molar-refractivity contribution in [2.45, 2.75) is 17.9 Å². The van der Waals surface area contributed by atoms with E-state index >= 15 is 0 Å². The van der Waals surface area contributed by atoms with Crippen LogP contribution in [0.3, 0.4) is 0 Å². The zero-order valence-corrected chi connectivity index (χ0v) is 12.5. The van der Waals surface area contributed by atoms with Crippen LogP contribution in [0.25, 0.3) is 0 Å². The number of amides is 1. The van der Waals surface area contributed by atoms with E-state index in [9.17, 15) is 18.0 Å². The number of sulfone groups is 1. The van der Waals surface area contributed by atoms with Crippen molar-refractivity contribution in [1.82, 2.24) is 5.32 Å². The second kappa shape index (κ2) is 6.71. The highest BCUT2D eigenvalue weighted by molar-refractivity contribution is 7.91. The number of rotatable bonds is 5. The summed E-state index contributed by atoms with van der Waals surface area (Å²) in [5.74, 6) is -1.99. The van der Waals surface area contributed by atoms with Crippen molar-refractivity contribution < 1.29 is 22.7 Å². The number of benzene rings is 1. The van der Waals surface area contributed by atoms with Crippen molar-refractivity contribution >= 4 is 33.3 Å². The Morgan fingerprint density at radius 3 is 2.45 bits per heavy atom. The molecule has 0 heterocycles. The van der Waals surface area contributed by atoms with Crippen molar-refractivity contribution in [1.29, 1.82) is 0 Å². The first kappa shape index (κ1) is 16.5. The van der Waals surface area contributed by atoms with E-state index in [-0.39, 0.29) is 9.92 Å². The zero-order valence-electron chi connectivity index (χ0n) is 10.9. The van der Waals surface area contributed by atoms with E-state index in [2.05, 4.69) is 10.1 Å². The van der Waals surface area contributed by atoms with Crippen molar-refractivity contribution in [2.75, 3.05) is 12.9 Å². The van der Waals surface area contributed by atoms with E-state index in [4.69, 9.17) is 11.6 Å². The molecule has 1 amide bonds. The molecule has 0 saturated heterocycles. The molecule has 1 unspecified atom stereocenters. The Bertz CT molecular complexity index is 614. The predicted octanol–water partition coefficient (Wildman–Crippen LogP) is 0.791. The summed E-state index contributed by atoms with van der Waals surface area (Å²) in [4.78, 5) is 22.4. The highest BCUT2D eigenvalue weighted by atomic mass is 35.5. The lowest BCUT2D eigenvalue weighted by Crippen LogP contribution is -2.45. The Labute approximate surface area is 122 Å². The Kier molecular flexibility index (Phi) is 5.52. The molecular weight excluding hydrogens is 306 g/mol. The second-order valence-corrected chi connectivity index (χ2v) is 6.40. The van der Waals surface area contributed by atoms with Crippen LogP contribution in [0.2, 0.25) is 5.02 Å². The normalized spacial score (nSPS) is 12.6. The van der Waals surface area contributed by atoms with Crippen LogP contribution in [0.15, 0.2) is 29.2 Å². The van der Waals surface area contributed by atoms with Crippen LogP contribution in [0.5, 0.6) is 0 Å². The Balaban J connectivity index is 3.06. The molecule has 0 radical (unpaired) electrons. The number of hydrogen-bond donors (Lipinski definition) is 1. The number of methoxy groups -OCH3 is 1. The molecule has 1 aromatic carbocycles. The third-order valence-corrected chi connectivity index (χ3v) is 4.66. The first-order valence-corrected chi connectivity index (χ1v) is 7.63. The summed E-state index contributed by atoms with van der Waals surface area (Å²) < 4.78 is 28.9. The minimum absolute atomic E-state index is 0.0546. The first-order chi connectivity index (χ1) is 9.27. The van der Waals surface area contributed by atoms with Gasteiger partial charge in [-0.05, 0) is 12.1 Å². The van der Waals surface area contributed by atoms with Crippen molar-refractivity contribution in [3.63, 3.8) is 0 Å². The van der Waals surface area contributed by atoms with Crippen LogP contribution in [-0.4, -0.2) is 39.2 Å². The van der Waals surface area contributed by atoms with Gasteiger partial charge >= 0.3 is 5.97 Å². The van der Waals surface area contributed by atoms with Crippen molar-refractivity contribution in [2.24, 2.45) is 0 Å². The van der Waals surface area contributed by atoms with Gasteiger partial charge in [-0.3, -0.25) is 4.79 Å². The van der Waals surface area contributed by atoms with Gasteiger partial charge in [0, 0.05) is 6.92 Å². The van der Waals surface area contributed by atoms with Crippen molar-refractivity contribution in [3.8, 4) is 0 Å². The molecule has 0 aliphatic heterocycles. The van der Waals surface area contributed by atoms with Gasteiger partial charge in [-0.1, -0.05) is 23.7 Å². The second-order valence-electron chi connectivity index (χ2n) is 3.99. The lowest BCUT2D eigenvalue weighted by Gasteiger charge is -2.16. The Morgan fingerprint density at radius 2 is 1.95 bits per heavy atom. The lowest BCUT2D eigenvalue weighted by atomic mass is 10.3. The fraction of sp³-hybridized carbons (Fsp3) is 0.333. The predicted molar refractivity (Wildman–Crippen MR) is 73.1 cm³/mol. The molecule has 1 aromatic rings. The van der Waals surface area contributed by atoms with Crippen LogP contribution in [0.1, 0.15) is 6.92 Å². The van der Waals surface area contributed by atoms with Gasteiger partial charge in [0.05, 0.1) is 22.8 Å². The van der Waals surface area contributed by atoms with Crippen LogP contribution in [-0.2, 0) is 24.2 Å². The number of carbonyl (C=O) groups excluding carboxylic acids is 2. The molecule has 0 spiro atoms. The topological polar surface area (TPSA) is 89.5 Å². The smallest absolute Gasteiger partial charge is 0.329 e. The number of nitrogens with one attached hydrogen (secondary N) is 1. The molecule has 1 N–H and O–H groups in total. The van der Waals surface area contributed by atoms with Crippen LogP contribution in [0, 0.1) is 0 Å². The van der Waals surface area contributed by atoms with Gasteiger partial charge in [0.1, 0.15) is 6.04 Å². The van der Waals surface area contributed by atoms with Gasteiger partial charge in [-0.25, -0.2) is 13.2 Å². The molecule has 20 heavy (non-hydrogen) atoms. The molecule has 0 saturated carbocycles. The summed E-state index contributed by atoms with van der Waals surface area (Å²) >= 11 is 5.83. The maximum atomic E-state index is 12.2. The fourth-order valence-corrected chi connectivity index (χ4v) is 3.54. The molecule has 6 nitrogen and oxygen atoms in total. The van der Waals surface area contributed by atoms with Crippen LogP contribution in [0.4, 0.5) is 0 Å². The van der Waals surface area contributed by atoms with Crippen LogP contribution >= 0.6 is 11.6 Å². The summed E-state index contributed by atoms with van der Waals surface area (Å²) in [6.45, 7) is 1.18. The van der Waals surface area contributed by atoms with Gasteiger partial charge in [0.25, 0.3) is 0 Å². The Hall–Kier alpha value is -1.60. The Morgan fingerprint density at radius 1 is 1.35 bits per heavy atom. The number of hydrogen-bond acceptors (Lipinski definition) is 5. The maximum Gasteiger partial charge on any atom is 0.329 e. The minimum atomic E-state index is -3.84. The molecule has 0 aromatic heterocycles. The van der Waals surface area contributed by atoms with Crippen molar-refractivity contribution in [3.05, 3.63) is 29.3 Å². The summed E-state index contributed by atoms with van der Waals surface area (Å²) in [5.41, 5.74) is 0. The van der Waals surface area contributed by atoms with Gasteiger partial charge in [0.2, 0.25) is 5.91 Å². The number of carbonyl (C=O) groups is 2. The van der Waals surface area contributed by atoms with E-state index in [0.717, 1.165) is 7.11 Å². The van der Waals surface area contributed by atoms with Gasteiger partial charge in [-0.15, -0.1) is 0 Å². The summed E-state index contributed by atoms with van der Waals surface area (Å²) in [6.07, 6.45) is 0. The van der Waals surface area contributed by atoms with E-state index in [0.29, 0.717) is 0 Å². The molecular formula is C12H14ClNO5S. The molecule has 0 aliphatic rings. The monoisotopic (exact) mass is 319 g/mol. The maximum absolute atomic E-state index is 12.2. The average molecular weight is 320 g/mol. The molecule has 0 bridgehead atoms. The van der Waals surface area contributed by atoms with Gasteiger partial charge in [-0.2, -0.15) is 0 Å². The highest BCUT2D eigenvalue weighted by Crippen LogP contribution is 2.22. The molecule has 0 aliphatic carbocycles. The quantitative estimate of drug-likeness (QED) is 0.810.